The predicted molar refractivity (Wildman–Crippen MR) is 82.1 cm³/mol. The molecule has 0 fully saturated rings. The van der Waals surface area contributed by atoms with Gasteiger partial charge in [0.2, 0.25) is 0 Å². The minimum absolute atomic E-state index is 0.174. The second kappa shape index (κ2) is 5.47. The Morgan fingerprint density at radius 3 is 2.83 bits per heavy atom. The van der Waals surface area contributed by atoms with Crippen LogP contribution in [0.3, 0.4) is 0 Å². The number of thiophene rings is 1. The third kappa shape index (κ3) is 2.79. The van der Waals surface area contributed by atoms with E-state index >= 15 is 0 Å². The van der Waals surface area contributed by atoms with Gasteiger partial charge in [-0.25, -0.2) is 0 Å². The lowest BCUT2D eigenvalue weighted by molar-refractivity contribution is 0.103. The zero-order chi connectivity index (χ0) is 13.3. The normalized spacial score (nSPS) is 10.3. The van der Waals surface area contributed by atoms with Crippen LogP contribution in [0.2, 0.25) is 0 Å². The van der Waals surface area contributed by atoms with Gasteiger partial charge >= 0.3 is 0 Å². The quantitative estimate of drug-likeness (QED) is 0.680. The molecule has 0 aliphatic carbocycles. The Kier molecular flexibility index (Phi) is 4.15. The second-order valence-corrected chi connectivity index (χ2v) is 6.87. The van der Waals surface area contributed by atoms with Crippen molar-refractivity contribution in [3.05, 3.63) is 31.0 Å². The molecule has 0 aliphatic heterocycles. The number of carbonyl (C=O) groups excluding carboxylic acids is 1. The van der Waals surface area contributed by atoms with Crippen LogP contribution in [0.1, 0.15) is 15.2 Å². The molecule has 0 spiro atoms. The number of amides is 1. The number of carbonyl (C=O) groups is 1. The molecular formula is C9H6Br2N4OS2. The molecule has 0 aromatic carbocycles. The van der Waals surface area contributed by atoms with E-state index in [-0.39, 0.29) is 10.9 Å². The highest BCUT2D eigenvalue weighted by Crippen LogP contribution is 2.32. The lowest BCUT2D eigenvalue weighted by Gasteiger charge is -2.02. The maximum atomic E-state index is 12.0. The van der Waals surface area contributed by atoms with E-state index in [2.05, 4.69) is 47.4 Å². The van der Waals surface area contributed by atoms with Crippen molar-refractivity contribution in [2.24, 2.45) is 5.73 Å². The van der Waals surface area contributed by atoms with Gasteiger partial charge in [-0.15, -0.1) is 11.3 Å². The zero-order valence-electron chi connectivity index (χ0n) is 8.66. The molecule has 0 bridgehead atoms. The van der Waals surface area contributed by atoms with Crippen molar-refractivity contribution >= 4 is 72.1 Å². The van der Waals surface area contributed by atoms with Gasteiger partial charge in [-0.1, -0.05) is 12.2 Å². The molecule has 2 aromatic rings. The van der Waals surface area contributed by atoms with Gasteiger partial charge in [0, 0.05) is 4.47 Å². The summed E-state index contributed by atoms with van der Waals surface area (Å²) in [5.74, 6) is 0.140. The Morgan fingerprint density at radius 2 is 2.28 bits per heavy atom. The number of hydrogen-bond donors (Lipinski definition) is 3. The first-order chi connectivity index (χ1) is 8.49. The van der Waals surface area contributed by atoms with Crippen molar-refractivity contribution in [3.63, 3.8) is 0 Å². The SMILES string of the molecule is NC(=S)c1cn[nH]c1NC(=O)c1cc(Br)c(Br)s1. The van der Waals surface area contributed by atoms with E-state index in [1.807, 2.05) is 0 Å². The van der Waals surface area contributed by atoms with E-state index in [0.29, 0.717) is 16.3 Å². The average Bonchev–Trinajstić information content (AvgIpc) is 2.87. The molecule has 0 atom stereocenters. The van der Waals surface area contributed by atoms with E-state index in [4.69, 9.17) is 18.0 Å². The molecule has 0 unspecified atom stereocenters. The summed E-state index contributed by atoms with van der Waals surface area (Å²) in [6.07, 6.45) is 1.47. The maximum absolute atomic E-state index is 12.0. The molecular weight excluding hydrogens is 404 g/mol. The number of halogens is 2. The summed E-state index contributed by atoms with van der Waals surface area (Å²) in [6, 6.07) is 1.72. The van der Waals surface area contributed by atoms with Crippen LogP contribution in [0.5, 0.6) is 0 Å². The zero-order valence-corrected chi connectivity index (χ0v) is 13.5. The molecule has 2 rings (SSSR count). The highest BCUT2D eigenvalue weighted by molar-refractivity contribution is 9.13. The fourth-order valence-corrected chi connectivity index (χ4v) is 3.29. The number of thiocarbonyl (C=S) groups is 1. The molecule has 18 heavy (non-hydrogen) atoms. The van der Waals surface area contributed by atoms with Crippen molar-refractivity contribution in [2.45, 2.75) is 0 Å². The molecule has 94 valence electrons. The molecule has 0 aliphatic rings. The number of nitrogens with zero attached hydrogens (tertiary/aromatic N) is 1. The molecule has 1 amide bonds. The molecule has 0 saturated carbocycles. The first-order valence-electron chi connectivity index (χ1n) is 4.58. The molecule has 4 N–H and O–H groups in total. The number of H-pyrrole nitrogens is 1. The average molecular weight is 410 g/mol. The Balaban J connectivity index is 2.21. The van der Waals surface area contributed by atoms with Gasteiger partial charge in [-0.05, 0) is 37.9 Å². The fourth-order valence-electron chi connectivity index (χ4n) is 1.20. The van der Waals surface area contributed by atoms with Crippen LogP contribution in [-0.4, -0.2) is 21.1 Å². The molecule has 0 radical (unpaired) electrons. The minimum Gasteiger partial charge on any atom is -0.389 e. The Hall–Kier alpha value is -0.770. The highest BCUT2D eigenvalue weighted by atomic mass is 79.9. The van der Waals surface area contributed by atoms with Crippen LogP contribution in [0, 0.1) is 0 Å². The molecule has 2 aromatic heterocycles. The van der Waals surface area contributed by atoms with Gasteiger partial charge in [0.1, 0.15) is 10.8 Å². The van der Waals surface area contributed by atoms with E-state index in [9.17, 15) is 4.79 Å². The van der Waals surface area contributed by atoms with Crippen LogP contribution in [0.25, 0.3) is 0 Å². The largest absolute Gasteiger partial charge is 0.389 e. The second-order valence-electron chi connectivity index (χ2n) is 3.21. The summed E-state index contributed by atoms with van der Waals surface area (Å²) >= 11 is 12.8. The summed E-state index contributed by atoms with van der Waals surface area (Å²) in [5.41, 5.74) is 6.02. The molecule has 9 heteroatoms. The van der Waals surface area contributed by atoms with Crippen LogP contribution in [0.15, 0.2) is 20.5 Å². The number of anilines is 1. The number of hydrogen-bond acceptors (Lipinski definition) is 4. The van der Waals surface area contributed by atoms with Gasteiger partial charge in [-0.2, -0.15) is 5.10 Å². The third-order valence-electron chi connectivity index (χ3n) is 2.01. The van der Waals surface area contributed by atoms with Gasteiger partial charge in [-0.3, -0.25) is 9.89 Å². The summed E-state index contributed by atoms with van der Waals surface area (Å²) < 4.78 is 1.68. The Morgan fingerprint density at radius 1 is 1.56 bits per heavy atom. The van der Waals surface area contributed by atoms with Crippen molar-refractivity contribution in [3.8, 4) is 0 Å². The van der Waals surface area contributed by atoms with Crippen molar-refractivity contribution in [2.75, 3.05) is 5.32 Å². The predicted octanol–water partition coefficient (Wildman–Crippen LogP) is 2.88. The topological polar surface area (TPSA) is 83.8 Å². The van der Waals surface area contributed by atoms with Gasteiger partial charge in [0.05, 0.1) is 20.4 Å². The summed E-state index contributed by atoms with van der Waals surface area (Å²) in [5, 5.41) is 9.10. The van der Waals surface area contributed by atoms with Gasteiger partial charge in [0.25, 0.3) is 5.91 Å². The Labute approximate surface area is 128 Å². The van der Waals surface area contributed by atoms with Gasteiger partial charge in [0.15, 0.2) is 0 Å². The maximum Gasteiger partial charge on any atom is 0.266 e. The molecule has 5 nitrogen and oxygen atoms in total. The fraction of sp³-hybridized carbons (Fsp3) is 0. The molecule has 0 saturated heterocycles. The van der Waals surface area contributed by atoms with Crippen LogP contribution in [-0.2, 0) is 0 Å². The third-order valence-corrected chi connectivity index (χ3v) is 5.49. The van der Waals surface area contributed by atoms with Gasteiger partial charge < -0.3 is 11.1 Å². The number of aromatic amines is 1. The number of nitrogens with two attached hydrogens (primary N) is 1. The van der Waals surface area contributed by atoms with Crippen LogP contribution < -0.4 is 11.1 Å². The highest BCUT2D eigenvalue weighted by Gasteiger charge is 2.15. The first-order valence-corrected chi connectivity index (χ1v) is 7.39. The van der Waals surface area contributed by atoms with E-state index in [1.54, 1.807) is 6.07 Å². The van der Waals surface area contributed by atoms with Crippen molar-refractivity contribution in [1.29, 1.82) is 0 Å². The van der Waals surface area contributed by atoms with Crippen molar-refractivity contribution in [1.82, 2.24) is 10.2 Å². The van der Waals surface area contributed by atoms with E-state index in [0.717, 1.165) is 8.26 Å². The monoisotopic (exact) mass is 408 g/mol. The van der Waals surface area contributed by atoms with E-state index in [1.165, 1.54) is 17.5 Å². The standard InChI is InChI=1S/C9H6Br2N4OS2/c10-4-1-5(18-6(4)11)9(16)14-8-3(7(12)17)2-13-15-8/h1-2H,(H2,12,17)(H2,13,14,15,16). The summed E-state index contributed by atoms with van der Waals surface area (Å²) in [7, 11) is 0. The Bertz CT molecular complexity index is 602. The van der Waals surface area contributed by atoms with E-state index < -0.39 is 0 Å². The lowest BCUT2D eigenvalue weighted by atomic mass is 10.3. The number of rotatable bonds is 3. The lowest BCUT2D eigenvalue weighted by Crippen LogP contribution is -2.16. The number of aromatic nitrogens is 2. The molecule has 2 heterocycles. The summed E-state index contributed by atoms with van der Waals surface area (Å²) in [6.45, 7) is 0. The van der Waals surface area contributed by atoms with Crippen LogP contribution in [0.4, 0.5) is 5.82 Å². The number of nitrogens with one attached hydrogen (secondary N) is 2. The minimum atomic E-state index is -0.256. The van der Waals surface area contributed by atoms with Crippen molar-refractivity contribution < 1.29 is 4.79 Å². The first kappa shape index (κ1) is 13.7. The van der Waals surface area contributed by atoms with Crippen LogP contribution >= 0.6 is 55.4 Å². The smallest absolute Gasteiger partial charge is 0.266 e. The summed E-state index contributed by atoms with van der Waals surface area (Å²) in [4.78, 5) is 12.7.